The summed E-state index contributed by atoms with van der Waals surface area (Å²) in [6.07, 6.45) is 3.01. The van der Waals surface area contributed by atoms with Gasteiger partial charge < -0.3 is 5.32 Å². The van der Waals surface area contributed by atoms with E-state index in [0.29, 0.717) is 21.3 Å². The van der Waals surface area contributed by atoms with Crippen molar-refractivity contribution in [3.05, 3.63) is 74.8 Å². The van der Waals surface area contributed by atoms with Crippen molar-refractivity contribution in [1.82, 2.24) is 0 Å². The van der Waals surface area contributed by atoms with Crippen molar-refractivity contribution in [3.8, 4) is 0 Å². The van der Waals surface area contributed by atoms with E-state index >= 15 is 0 Å². The molecule has 0 aliphatic rings. The zero-order valence-corrected chi connectivity index (χ0v) is 13.3. The van der Waals surface area contributed by atoms with Crippen molar-refractivity contribution in [2.24, 2.45) is 0 Å². The van der Waals surface area contributed by atoms with Gasteiger partial charge >= 0.3 is 0 Å². The number of rotatable bonds is 4. The largest absolute Gasteiger partial charge is 0.360 e. The Balaban J connectivity index is 2.02. The van der Waals surface area contributed by atoms with Crippen LogP contribution in [0.4, 0.5) is 5.69 Å². The lowest BCUT2D eigenvalue weighted by molar-refractivity contribution is 0.104. The van der Waals surface area contributed by atoms with Gasteiger partial charge in [0.15, 0.2) is 5.78 Å². The van der Waals surface area contributed by atoms with E-state index in [9.17, 15) is 4.79 Å². The minimum atomic E-state index is -0.0879. The summed E-state index contributed by atoms with van der Waals surface area (Å²) in [6, 6.07) is 12.3. The fourth-order valence-electron chi connectivity index (χ4n) is 1.52. The lowest BCUT2D eigenvalue weighted by Crippen LogP contribution is -1.96. The molecule has 0 saturated carbocycles. The van der Waals surface area contributed by atoms with Crippen LogP contribution < -0.4 is 5.32 Å². The molecule has 0 fully saturated rings. The van der Waals surface area contributed by atoms with Crippen LogP contribution in [-0.4, -0.2) is 5.78 Å². The molecule has 102 valence electrons. The third kappa shape index (κ3) is 4.10. The number of halogens is 3. The molecule has 0 radical (unpaired) electrons. The minimum absolute atomic E-state index is 0.0879. The van der Waals surface area contributed by atoms with Crippen molar-refractivity contribution in [2.75, 3.05) is 5.32 Å². The Labute approximate surface area is 135 Å². The van der Waals surface area contributed by atoms with Crippen LogP contribution in [0.2, 0.25) is 10.0 Å². The molecular weight excluding hydrogens is 361 g/mol. The molecule has 0 aromatic heterocycles. The Morgan fingerprint density at radius 2 is 1.80 bits per heavy atom. The summed E-state index contributed by atoms with van der Waals surface area (Å²) >= 11 is 15.1. The Bertz CT molecular complexity index is 653. The first-order chi connectivity index (χ1) is 9.56. The summed E-state index contributed by atoms with van der Waals surface area (Å²) in [5, 5.41) is 4.01. The Kier molecular flexibility index (Phi) is 5.24. The van der Waals surface area contributed by atoms with Gasteiger partial charge in [-0.3, -0.25) is 4.79 Å². The van der Waals surface area contributed by atoms with Crippen LogP contribution in [0.5, 0.6) is 0 Å². The van der Waals surface area contributed by atoms with Crippen LogP contribution in [-0.2, 0) is 0 Å². The number of ketones is 1. The predicted molar refractivity (Wildman–Crippen MR) is 87.7 cm³/mol. The number of allylic oxidation sites excluding steroid dienone is 1. The van der Waals surface area contributed by atoms with Gasteiger partial charge in [-0.2, -0.15) is 0 Å². The number of carbonyl (C=O) groups excluding carboxylic acids is 1. The van der Waals surface area contributed by atoms with Crippen LogP contribution in [0.25, 0.3) is 0 Å². The molecule has 1 N–H and O–H groups in total. The fourth-order valence-corrected chi connectivity index (χ4v) is 2.25. The zero-order chi connectivity index (χ0) is 14.5. The number of hydrogen-bond acceptors (Lipinski definition) is 2. The number of nitrogens with one attached hydrogen (secondary N) is 1. The standard InChI is InChI=1S/C15H10BrCl2NO/c16-11-3-1-10(2-4-11)15(20)7-8-19-14-6-5-12(17)9-13(14)18/h1-9,19H/b8-7-. The zero-order valence-electron chi connectivity index (χ0n) is 10.2. The van der Waals surface area contributed by atoms with E-state index in [1.807, 2.05) is 12.1 Å². The quantitative estimate of drug-likeness (QED) is 0.563. The van der Waals surface area contributed by atoms with E-state index in [1.165, 1.54) is 6.08 Å². The monoisotopic (exact) mass is 369 g/mol. The molecule has 0 atom stereocenters. The molecule has 0 heterocycles. The molecule has 2 rings (SSSR count). The second-order valence-electron chi connectivity index (χ2n) is 3.97. The average Bonchev–Trinajstić information content (AvgIpc) is 2.42. The summed E-state index contributed by atoms with van der Waals surface area (Å²) < 4.78 is 0.934. The Morgan fingerprint density at radius 3 is 2.45 bits per heavy atom. The molecule has 20 heavy (non-hydrogen) atoms. The second kappa shape index (κ2) is 6.93. The van der Waals surface area contributed by atoms with E-state index in [4.69, 9.17) is 23.2 Å². The summed E-state index contributed by atoms with van der Waals surface area (Å²) in [7, 11) is 0. The predicted octanol–water partition coefficient (Wildman–Crippen LogP) is 5.56. The highest BCUT2D eigenvalue weighted by Gasteiger charge is 2.02. The van der Waals surface area contributed by atoms with E-state index < -0.39 is 0 Å². The first-order valence-electron chi connectivity index (χ1n) is 5.74. The number of hydrogen-bond donors (Lipinski definition) is 1. The maximum Gasteiger partial charge on any atom is 0.187 e. The lowest BCUT2D eigenvalue weighted by atomic mass is 10.1. The van der Waals surface area contributed by atoms with Crippen LogP contribution in [0, 0.1) is 0 Å². The van der Waals surface area contributed by atoms with Crippen LogP contribution in [0.3, 0.4) is 0 Å². The molecule has 0 unspecified atom stereocenters. The van der Waals surface area contributed by atoms with E-state index in [2.05, 4.69) is 21.2 Å². The fraction of sp³-hybridized carbons (Fsp3) is 0. The van der Waals surface area contributed by atoms with Gasteiger partial charge in [0.25, 0.3) is 0 Å². The normalized spacial score (nSPS) is 10.8. The van der Waals surface area contributed by atoms with Gasteiger partial charge in [0.1, 0.15) is 0 Å². The van der Waals surface area contributed by atoms with Gasteiger partial charge in [0.2, 0.25) is 0 Å². The minimum Gasteiger partial charge on any atom is -0.360 e. The Morgan fingerprint density at radius 1 is 1.10 bits per heavy atom. The van der Waals surface area contributed by atoms with Crippen LogP contribution in [0.15, 0.2) is 59.2 Å². The lowest BCUT2D eigenvalue weighted by Gasteiger charge is -2.03. The average molecular weight is 371 g/mol. The summed E-state index contributed by atoms with van der Waals surface area (Å²) in [5.41, 5.74) is 1.31. The molecule has 0 spiro atoms. The highest BCUT2D eigenvalue weighted by atomic mass is 79.9. The molecule has 2 aromatic carbocycles. The van der Waals surface area contributed by atoms with Gasteiger partial charge in [-0.25, -0.2) is 0 Å². The van der Waals surface area contributed by atoms with Crippen LogP contribution >= 0.6 is 39.1 Å². The maximum absolute atomic E-state index is 11.9. The molecule has 0 aliphatic carbocycles. The molecule has 2 nitrogen and oxygen atoms in total. The van der Waals surface area contributed by atoms with Gasteiger partial charge in [-0.1, -0.05) is 39.1 Å². The summed E-state index contributed by atoms with van der Waals surface area (Å²) in [5.74, 6) is -0.0879. The maximum atomic E-state index is 11.9. The van der Waals surface area contributed by atoms with E-state index in [1.54, 1.807) is 36.5 Å². The van der Waals surface area contributed by atoms with E-state index in [0.717, 1.165) is 4.47 Å². The molecule has 0 saturated heterocycles. The Hall–Kier alpha value is -1.29. The molecular formula is C15H10BrCl2NO. The first kappa shape index (κ1) is 15.1. The highest BCUT2D eigenvalue weighted by molar-refractivity contribution is 9.10. The SMILES string of the molecule is O=C(/C=C\Nc1ccc(Cl)cc1Cl)c1ccc(Br)cc1. The first-order valence-corrected chi connectivity index (χ1v) is 7.29. The van der Waals surface area contributed by atoms with Crippen molar-refractivity contribution < 1.29 is 4.79 Å². The van der Waals surface area contributed by atoms with Crippen molar-refractivity contribution >= 4 is 50.6 Å². The topological polar surface area (TPSA) is 29.1 Å². The molecule has 0 aliphatic heterocycles. The molecule has 0 bridgehead atoms. The second-order valence-corrected chi connectivity index (χ2v) is 5.73. The van der Waals surface area contributed by atoms with Gasteiger partial charge in [-0.15, -0.1) is 0 Å². The number of carbonyl (C=O) groups is 1. The van der Waals surface area contributed by atoms with Gasteiger partial charge in [-0.05, 0) is 42.5 Å². The number of benzene rings is 2. The van der Waals surface area contributed by atoms with Crippen LogP contribution in [0.1, 0.15) is 10.4 Å². The van der Waals surface area contributed by atoms with Gasteiger partial charge in [0, 0.05) is 27.3 Å². The molecule has 5 heteroatoms. The van der Waals surface area contributed by atoms with Crippen molar-refractivity contribution in [1.29, 1.82) is 0 Å². The van der Waals surface area contributed by atoms with Gasteiger partial charge in [0.05, 0.1) is 10.7 Å². The van der Waals surface area contributed by atoms with E-state index in [-0.39, 0.29) is 5.78 Å². The summed E-state index contributed by atoms with van der Waals surface area (Å²) in [6.45, 7) is 0. The smallest absolute Gasteiger partial charge is 0.187 e. The molecule has 0 amide bonds. The van der Waals surface area contributed by atoms with Crippen molar-refractivity contribution in [3.63, 3.8) is 0 Å². The summed E-state index contributed by atoms with van der Waals surface area (Å²) in [4.78, 5) is 11.9. The number of anilines is 1. The molecule has 2 aromatic rings. The van der Waals surface area contributed by atoms with Crippen molar-refractivity contribution in [2.45, 2.75) is 0 Å². The third-order valence-electron chi connectivity index (χ3n) is 2.53. The third-order valence-corrected chi connectivity index (χ3v) is 3.61. The highest BCUT2D eigenvalue weighted by Crippen LogP contribution is 2.25.